The summed E-state index contributed by atoms with van der Waals surface area (Å²) in [7, 11) is 0. The zero-order valence-electron chi connectivity index (χ0n) is 17.7. The lowest BCUT2D eigenvalue weighted by Gasteiger charge is -2.17. The maximum absolute atomic E-state index is 12.9. The topological polar surface area (TPSA) is 90.5 Å². The molecule has 7 heteroatoms. The average Bonchev–Trinajstić information content (AvgIpc) is 3.22. The van der Waals surface area contributed by atoms with Gasteiger partial charge in [0.1, 0.15) is 0 Å². The van der Waals surface area contributed by atoms with E-state index in [9.17, 15) is 14.4 Å². The lowest BCUT2D eigenvalue weighted by Crippen LogP contribution is -2.35. The van der Waals surface area contributed by atoms with Crippen molar-refractivity contribution in [2.45, 2.75) is 13.3 Å². The van der Waals surface area contributed by atoms with Gasteiger partial charge in [-0.3, -0.25) is 9.59 Å². The molecule has 162 valence electrons. The van der Waals surface area contributed by atoms with Crippen molar-refractivity contribution in [2.75, 3.05) is 28.6 Å². The van der Waals surface area contributed by atoms with E-state index in [1.54, 1.807) is 35.2 Å². The highest BCUT2D eigenvalue weighted by Gasteiger charge is 2.25. The number of hydrogen-bond acceptors (Lipinski definition) is 3. The normalized spacial score (nSPS) is 12.1. The molecule has 0 spiro atoms. The van der Waals surface area contributed by atoms with Crippen molar-refractivity contribution < 1.29 is 14.4 Å². The van der Waals surface area contributed by atoms with Crippen LogP contribution in [0.1, 0.15) is 21.5 Å². The Hall–Kier alpha value is -4.13. The number of anilines is 3. The number of rotatable bonds is 5. The Balaban J connectivity index is 1.28. The fraction of sp³-hybridized carbons (Fsp3) is 0.160. The first-order valence-corrected chi connectivity index (χ1v) is 10.4. The quantitative estimate of drug-likeness (QED) is 0.575. The van der Waals surface area contributed by atoms with Crippen molar-refractivity contribution in [2.24, 2.45) is 0 Å². The second kappa shape index (κ2) is 9.34. The second-order valence-electron chi connectivity index (χ2n) is 7.64. The molecule has 4 amide bonds. The minimum absolute atomic E-state index is 0.0673. The number of aryl methyl sites for hydroxylation is 1. The molecule has 0 radical (unpaired) electrons. The van der Waals surface area contributed by atoms with Crippen molar-refractivity contribution in [3.8, 4) is 0 Å². The van der Waals surface area contributed by atoms with Crippen LogP contribution in [0.4, 0.5) is 21.9 Å². The third-order valence-corrected chi connectivity index (χ3v) is 5.23. The summed E-state index contributed by atoms with van der Waals surface area (Å²) in [4.78, 5) is 38.8. The molecule has 0 aliphatic carbocycles. The maximum atomic E-state index is 12.9. The summed E-state index contributed by atoms with van der Waals surface area (Å²) in [6.07, 6.45) is 0.848. The van der Waals surface area contributed by atoms with Gasteiger partial charge in [-0.25, -0.2) is 4.79 Å². The molecule has 32 heavy (non-hydrogen) atoms. The number of urea groups is 1. The van der Waals surface area contributed by atoms with Crippen LogP contribution in [-0.4, -0.2) is 30.9 Å². The number of carbonyl (C=O) groups excluding carboxylic acids is 3. The van der Waals surface area contributed by atoms with Gasteiger partial charge >= 0.3 is 6.03 Å². The second-order valence-corrected chi connectivity index (χ2v) is 7.64. The first-order chi connectivity index (χ1) is 15.5. The van der Waals surface area contributed by atoms with Crippen LogP contribution in [0.15, 0.2) is 72.8 Å². The van der Waals surface area contributed by atoms with E-state index >= 15 is 0 Å². The van der Waals surface area contributed by atoms with Gasteiger partial charge in [-0.15, -0.1) is 0 Å². The van der Waals surface area contributed by atoms with E-state index in [1.807, 2.05) is 49.4 Å². The van der Waals surface area contributed by atoms with Crippen LogP contribution in [-0.2, 0) is 11.2 Å². The Kier molecular flexibility index (Phi) is 6.17. The Morgan fingerprint density at radius 2 is 1.66 bits per heavy atom. The Morgan fingerprint density at radius 1 is 0.875 bits per heavy atom. The molecule has 1 aliphatic rings. The molecule has 1 heterocycles. The lowest BCUT2D eigenvalue weighted by molar-refractivity contribution is -0.115. The summed E-state index contributed by atoms with van der Waals surface area (Å²) in [5.41, 5.74) is 4.90. The maximum Gasteiger partial charge on any atom is 0.319 e. The summed E-state index contributed by atoms with van der Waals surface area (Å²) in [6.45, 7) is 2.41. The van der Waals surface area contributed by atoms with Crippen molar-refractivity contribution in [3.05, 3.63) is 89.5 Å². The number of para-hydroxylation sites is 1. The van der Waals surface area contributed by atoms with Crippen LogP contribution in [0.2, 0.25) is 0 Å². The molecule has 4 rings (SSSR count). The van der Waals surface area contributed by atoms with Crippen LogP contribution >= 0.6 is 0 Å². The van der Waals surface area contributed by atoms with Gasteiger partial charge < -0.3 is 20.9 Å². The zero-order chi connectivity index (χ0) is 22.5. The molecule has 3 aromatic rings. The summed E-state index contributed by atoms with van der Waals surface area (Å²) in [5.74, 6) is -0.431. The van der Waals surface area contributed by atoms with Gasteiger partial charge in [0.25, 0.3) is 5.91 Å². The summed E-state index contributed by atoms with van der Waals surface area (Å²) in [5, 5.41) is 7.92. The highest BCUT2D eigenvalue weighted by atomic mass is 16.2. The predicted molar refractivity (Wildman–Crippen MR) is 125 cm³/mol. The molecule has 7 nitrogen and oxygen atoms in total. The van der Waals surface area contributed by atoms with Crippen molar-refractivity contribution in [3.63, 3.8) is 0 Å². The molecule has 3 aromatic carbocycles. The van der Waals surface area contributed by atoms with Gasteiger partial charge in [0, 0.05) is 29.2 Å². The number of nitrogens with one attached hydrogen (secondary N) is 3. The zero-order valence-corrected chi connectivity index (χ0v) is 17.7. The number of carbonyl (C=O) groups is 3. The van der Waals surface area contributed by atoms with E-state index in [0.29, 0.717) is 23.5 Å². The molecule has 0 aromatic heterocycles. The van der Waals surface area contributed by atoms with E-state index in [2.05, 4.69) is 16.0 Å². The first kappa shape index (κ1) is 21.1. The van der Waals surface area contributed by atoms with Gasteiger partial charge in [-0.05, 0) is 66.9 Å². The van der Waals surface area contributed by atoms with E-state index in [1.165, 1.54) is 5.56 Å². The van der Waals surface area contributed by atoms with E-state index in [-0.39, 0.29) is 18.4 Å². The molecular formula is C25H24N4O3. The predicted octanol–water partition coefficient (Wildman–Crippen LogP) is 3.96. The first-order valence-electron chi connectivity index (χ1n) is 10.4. The third kappa shape index (κ3) is 4.95. The Morgan fingerprint density at radius 3 is 2.44 bits per heavy atom. The van der Waals surface area contributed by atoms with Gasteiger partial charge in [-0.1, -0.05) is 30.3 Å². The Labute approximate surface area is 186 Å². The fourth-order valence-electron chi connectivity index (χ4n) is 3.67. The summed E-state index contributed by atoms with van der Waals surface area (Å²) >= 11 is 0. The molecule has 3 N–H and O–H groups in total. The third-order valence-electron chi connectivity index (χ3n) is 5.23. The minimum Gasteiger partial charge on any atom is -0.329 e. The van der Waals surface area contributed by atoms with Gasteiger partial charge in [0.2, 0.25) is 5.91 Å². The monoisotopic (exact) mass is 428 g/mol. The van der Waals surface area contributed by atoms with Crippen LogP contribution in [0, 0.1) is 6.92 Å². The highest BCUT2D eigenvalue weighted by molar-refractivity contribution is 6.07. The van der Waals surface area contributed by atoms with Gasteiger partial charge in [-0.2, -0.15) is 0 Å². The van der Waals surface area contributed by atoms with Crippen LogP contribution in [0.5, 0.6) is 0 Å². The average molecular weight is 428 g/mol. The molecule has 1 aliphatic heterocycles. The van der Waals surface area contributed by atoms with Crippen LogP contribution in [0.3, 0.4) is 0 Å². The molecular weight excluding hydrogens is 404 g/mol. The number of fused-ring (bicyclic) bond motifs is 1. The molecule has 0 unspecified atom stereocenters. The van der Waals surface area contributed by atoms with Crippen molar-refractivity contribution in [1.82, 2.24) is 5.32 Å². The standard InChI is InChI=1S/C25H24N4O3/c1-17-5-4-7-21(15-17)28-25(32)26-16-23(30)27-20-11-9-19(10-12-20)24(31)29-14-13-18-6-2-3-8-22(18)29/h2-12,15H,13-14,16H2,1H3,(H,27,30)(H2,26,28,32). The van der Waals surface area contributed by atoms with Crippen LogP contribution in [0.25, 0.3) is 0 Å². The molecule has 0 saturated heterocycles. The van der Waals surface area contributed by atoms with E-state index in [0.717, 1.165) is 17.7 Å². The largest absolute Gasteiger partial charge is 0.329 e. The molecule has 0 bridgehead atoms. The van der Waals surface area contributed by atoms with Crippen molar-refractivity contribution >= 4 is 34.9 Å². The van der Waals surface area contributed by atoms with E-state index < -0.39 is 6.03 Å². The summed E-state index contributed by atoms with van der Waals surface area (Å²) < 4.78 is 0. The number of benzene rings is 3. The SMILES string of the molecule is Cc1cccc(NC(=O)NCC(=O)Nc2ccc(C(=O)N3CCc4ccccc43)cc2)c1. The molecule has 0 atom stereocenters. The number of amides is 4. The fourth-order valence-corrected chi connectivity index (χ4v) is 3.67. The molecule has 0 fully saturated rings. The van der Waals surface area contributed by atoms with Gasteiger partial charge in [0.05, 0.1) is 6.54 Å². The lowest BCUT2D eigenvalue weighted by atomic mass is 10.1. The Bertz CT molecular complexity index is 1160. The summed E-state index contributed by atoms with van der Waals surface area (Å²) in [6, 6.07) is 21.6. The van der Waals surface area contributed by atoms with Crippen molar-refractivity contribution in [1.29, 1.82) is 0 Å². The number of nitrogens with zero attached hydrogens (tertiary/aromatic N) is 1. The van der Waals surface area contributed by atoms with Crippen LogP contribution < -0.4 is 20.9 Å². The van der Waals surface area contributed by atoms with E-state index in [4.69, 9.17) is 0 Å². The number of hydrogen-bond donors (Lipinski definition) is 3. The smallest absolute Gasteiger partial charge is 0.319 e. The highest BCUT2D eigenvalue weighted by Crippen LogP contribution is 2.29. The molecule has 0 saturated carbocycles. The van der Waals surface area contributed by atoms with Gasteiger partial charge in [0.15, 0.2) is 0 Å². The minimum atomic E-state index is -0.461.